The number of alkyl halides is 3. The van der Waals surface area contributed by atoms with Crippen molar-refractivity contribution in [2.45, 2.75) is 45.6 Å². The van der Waals surface area contributed by atoms with Crippen LogP contribution >= 0.6 is 0 Å². The first kappa shape index (κ1) is 29.5. The molecule has 0 aliphatic carbocycles. The highest BCUT2D eigenvalue weighted by Gasteiger charge is 2.29. The zero-order chi connectivity index (χ0) is 29.2. The van der Waals surface area contributed by atoms with Gasteiger partial charge in [0.05, 0.1) is 5.56 Å². The Hall–Kier alpha value is -4.52. The Balaban J connectivity index is 1.52. The summed E-state index contributed by atoms with van der Waals surface area (Å²) in [6, 6.07) is 28.0. The van der Waals surface area contributed by atoms with Gasteiger partial charge in [-0.3, -0.25) is 0 Å². The van der Waals surface area contributed by atoms with Gasteiger partial charge in [0.25, 0.3) is 0 Å². The first-order valence-corrected chi connectivity index (χ1v) is 13.4. The maximum atomic E-state index is 12.9. The number of rotatable bonds is 12. The summed E-state index contributed by atoms with van der Waals surface area (Å²) in [4.78, 5) is 11.9. The van der Waals surface area contributed by atoms with Gasteiger partial charge in [-0.15, -0.1) is 0 Å². The Labute approximate surface area is 237 Å². The SMILES string of the molecule is CCCC/C(=C\c1cc(OCc2ccc(-c3ccccc3)cc2)ccc1OCc1ccc(C(F)(F)F)cc1)C(=O)O. The van der Waals surface area contributed by atoms with Crippen molar-refractivity contribution in [1.82, 2.24) is 0 Å². The molecule has 4 aromatic rings. The molecule has 4 aromatic carbocycles. The normalized spacial score (nSPS) is 11.8. The molecular formula is C34H31F3O4. The molecular weight excluding hydrogens is 529 g/mol. The van der Waals surface area contributed by atoms with E-state index in [1.165, 1.54) is 12.1 Å². The summed E-state index contributed by atoms with van der Waals surface area (Å²) >= 11 is 0. The zero-order valence-electron chi connectivity index (χ0n) is 22.7. The minimum absolute atomic E-state index is 0.0182. The molecule has 0 atom stereocenters. The molecule has 0 saturated carbocycles. The number of hydrogen-bond acceptors (Lipinski definition) is 3. The first-order valence-electron chi connectivity index (χ1n) is 13.4. The molecule has 0 bridgehead atoms. The van der Waals surface area contributed by atoms with Gasteiger partial charge in [-0.25, -0.2) is 4.79 Å². The minimum atomic E-state index is -4.41. The van der Waals surface area contributed by atoms with E-state index < -0.39 is 17.7 Å². The van der Waals surface area contributed by atoms with Crippen LogP contribution < -0.4 is 9.47 Å². The quantitative estimate of drug-likeness (QED) is 0.176. The van der Waals surface area contributed by atoms with Crippen LogP contribution in [0.3, 0.4) is 0 Å². The first-order chi connectivity index (χ1) is 19.7. The van der Waals surface area contributed by atoms with Crippen molar-refractivity contribution in [2.75, 3.05) is 0 Å². The molecule has 212 valence electrons. The molecule has 0 amide bonds. The molecule has 4 rings (SSSR count). The number of carboxylic acid groups (broad SMARTS) is 1. The topological polar surface area (TPSA) is 55.8 Å². The maximum absolute atomic E-state index is 12.9. The summed E-state index contributed by atoms with van der Waals surface area (Å²) in [7, 11) is 0. The maximum Gasteiger partial charge on any atom is 0.416 e. The lowest BCUT2D eigenvalue weighted by Crippen LogP contribution is -2.05. The van der Waals surface area contributed by atoms with E-state index in [4.69, 9.17) is 9.47 Å². The van der Waals surface area contributed by atoms with Crippen molar-refractivity contribution in [3.63, 3.8) is 0 Å². The van der Waals surface area contributed by atoms with Crippen LogP contribution in [0.5, 0.6) is 11.5 Å². The fourth-order valence-electron chi connectivity index (χ4n) is 4.20. The zero-order valence-corrected chi connectivity index (χ0v) is 22.7. The summed E-state index contributed by atoms with van der Waals surface area (Å²) in [6.45, 7) is 2.31. The highest BCUT2D eigenvalue weighted by Crippen LogP contribution is 2.31. The van der Waals surface area contributed by atoms with Gasteiger partial charge >= 0.3 is 12.1 Å². The van der Waals surface area contributed by atoms with Crippen LogP contribution in [-0.2, 0) is 24.2 Å². The molecule has 4 nitrogen and oxygen atoms in total. The fraction of sp³-hybridized carbons (Fsp3) is 0.206. The Morgan fingerprint density at radius 3 is 2.02 bits per heavy atom. The Kier molecular flexibility index (Phi) is 9.85. The summed E-state index contributed by atoms with van der Waals surface area (Å²) in [5.74, 6) is -0.0813. The number of carboxylic acids is 1. The van der Waals surface area contributed by atoms with E-state index in [0.29, 0.717) is 35.7 Å². The minimum Gasteiger partial charge on any atom is -0.489 e. The molecule has 0 aliphatic rings. The van der Waals surface area contributed by atoms with Gasteiger partial charge in [0, 0.05) is 11.1 Å². The predicted octanol–water partition coefficient (Wildman–Crippen LogP) is 9.19. The molecule has 0 heterocycles. The fourth-order valence-corrected chi connectivity index (χ4v) is 4.20. The molecule has 0 radical (unpaired) electrons. The molecule has 1 N–H and O–H groups in total. The Morgan fingerprint density at radius 2 is 1.41 bits per heavy atom. The van der Waals surface area contributed by atoms with E-state index in [-0.39, 0.29) is 12.2 Å². The summed E-state index contributed by atoms with van der Waals surface area (Å²) < 4.78 is 50.7. The summed E-state index contributed by atoms with van der Waals surface area (Å²) in [6.07, 6.45) is -0.892. The lowest BCUT2D eigenvalue weighted by atomic mass is 10.0. The molecule has 0 aliphatic heterocycles. The van der Waals surface area contributed by atoms with Crippen LogP contribution in [0.2, 0.25) is 0 Å². The van der Waals surface area contributed by atoms with E-state index in [9.17, 15) is 23.1 Å². The van der Waals surface area contributed by atoms with Gasteiger partial charge in [-0.1, -0.05) is 80.1 Å². The third-order valence-corrected chi connectivity index (χ3v) is 6.53. The number of carbonyl (C=O) groups is 1. The second kappa shape index (κ2) is 13.7. The lowest BCUT2D eigenvalue weighted by Gasteiger charge is -2.14. The van der Waals surface area contributed by atoms with Gasteiger partial charge in [-0.2, -0.15) is 13.2 Å². The van der Waals surface area contributed by atoms with Crippen molar-refractivity contribution in [3.8, 4) is 22.6 Å². The molecule has 0 unspecified atom stereocenters. The standard InChI is InChI=1S/C34H31F3O4/c1-2-3-7-28(33(38)39)20-29-21-31(40-22-24-10-14-27(15-11-24)26-8-5-4-6-9-26)18-19-32(29)41-23-25-12-16-30(17-13-25)34(35,36)37/h4-6,8-21H,2-3,7,22-23H2,1H3,(H,38,39)/b28-20+. The van der Waals surface area contributed by atoms with Gasteiger partial charge in [0.2, 0.25) is 0 Å². The Morgan fingerprint density at radius 1 is 0.805 bits per heavy atom. The van der Waals surface area contributed by atoms with Crippen LogP contribution in [0, 0.1) is 0 Å². The molecule has 41 heavy (non-hydrogen) atoms. The van der Waals surface area contributed by atoms with Crippen LogP contribution in [0.1, 0.15) is 48.4 Å². The molecule has 0 saturated heterocycles. The number of unbranched alkanes of at least 4 members (excludes halogenated alkanes) is 1. The van der Waals surface area contributed by atoms with Gasteiger partial charge < -0.3 is 14.6 Å². The summed E-state index contributed by atoms with van der Waals surface area (Å²) in [5, 5.41) is 9.75. The van der Waals surface area contributed by atoms with Crippen molar-refractivity contribution in [3.05, 3.63) is 125 Å². The van der Waals surface area contributed by atoms with Crippen LogP contribution in [0.4, 0.5) is 13.2 Å². The van der Waals surface area contributed by atoms with E-state index >= 15 is 0 Å². The average Bonchev–Trinajstić information content (AvgIpc) is 2.98. The van der Waals surface area contributed by atoms with Crippen molar-refractivity contribution >= 4 is 12.0 Å². The van der Waals surface area contributed by atoms with E-state index in [1.54, 1.807) is 24.3 Å². The molecule has 0 aromatic heterocycles. The number of halogens is 3. The van der Waals surface area contributed by atoms with Gasteiger partial charge in [0.15, 0.2) is 0 Å². The third kappa shape index (κ3) is 8.48. The van der Waals surface area contributed by atoms with Crippen LogP contribution in [0.15, 0.2) is 103 Å². The molecule has 0 fully saturated rings. The number of hydrogen-bond donors (Lipinski definition) is 1. The largest absolute Gasteiger partial charge is 0.489 e. The highest BCUT2D eigenvalue weighted by atomic mass is 19.4. The molecule has 0 spiro atoms. The second-order valence-electron chi connectivity index (χ2n) is 9.61. The molecule has 7 heteroatoms. The van der Waals surface area contributed by atoms with Crippen molar-refractivity contribution in [1.29, 1.82) is 0 Å². The predicted molar refractivity (Wildman–Crippen MR) is 154 cm³/mol. The van der Waals surface area contributed by atoms with E-state index in [2.05, 4.69) is 0 Å². The number of benzene rings is 4. The summed E-state index contributed by atoms with van der Waals surface area (Å²) in [5.41, 5.74) is 3.77. The lowest BCUT2D eigenvalue weighted by molar-refractivity contribution is -0.137. The van der Waals surface area contributed by atoms with Crippen molar-refractivity contribution in [2.24, 2.45) is 0 Å². The third-order valence-electron chi connectivity index (χ3n) is 6.53. The van der Waals surface area contributed by atoms with Gasteiger partial charge in [0.1, 0.15) is 24.7 Å². The Bertz CT molecular complexity index is 1460. The monoisotopic (exact) mass is 560 g/mol. The van der Waals surface area contributed by atoms with Crippen LogP contribution in [-0.4, -0.2) is 11.1 Å². The number of ether oxygens (including phenoxy) is 2. The van der Waals surface area contributed by atoms with Crippen molar-refractivity contribution < 1.29 is 32.5 Å². The smallest absolute Gasteiger partial charge is 0.416 e. The number of aliphatic carboxylic acids is 1. The highest BCUT2D eigenvalue weighted by molar-refractivity contribution is 5.92. The van der Waals surface area contributed by atoms with E-state index in [1.807, 2.05) is 61.5 Å². The van der Waals surface area contributed by atoms with Crippen LogP contribution in [0.25, 0.3) is 17.2 Å². The average molecular weight is 561 g/mol. The van der Waals surface area contributed by atoms with E-state index in [0.717, 1.165) is 41.7 Å². The van der Waals surface area contributed by atoms with Gasteiger partial charge in [-0.05, 0) is 71.5 Å². The second-order valence-corrected chi connectivity index (χ2v) is 9.61.